The summed E-state index contributed by atoms with van der Waals surface area (Å²) in [5.41, 5.74) is 0.502. The molecule has 1 heterocycles. The molecule has 1 aromatic rings. The van der Waals surface area contributed by atoms with Gasteiger partial charge in [0, 0.05) is 24.7 Å². The highest BCUT2D eigenvalue weighted by atomic mass is 32.2. The molecule has 0 radical (unpaired) electrons. The maximum atomic E-state index is 13.0. The third-order valence-corrected chi connectivity index (χ3v) is 8.78. The molecule has 6 atom stereocenters. The Kier molecular flexibility index (Phi) is 5.75. The van der Waals surface area contributed by atoms with Gasteiger partial charge in [0.1, 0.15) is 0 Å². The minimum Gasteiger partial charge on any atom is -0.373 e. The number of sulfonamides is 1. The first kappa shape index (κ1) is 20.8. The largest absolute Gasteiger partial charge is 0.373 e. The first-order valence-electron chi connectivity index (χ1n) is 10.8. The Labute approximate surface area is 174 Å². The summed E-state index contributed by atoms with van der Waals surface area (Å²) in [6.45, 7) is 6.54. The molecule has 2 saturated carbocycles. The van der Waals surface area contributed by atoms with E-state index in [0.717, 1.165) is 11.8 Å². The molecule has 7 heteroatoms. The van der Waals surface area contributed by atoms with Crippen molar-refractivity contribution in [1.29, 1.82) is 0 Å². The van der Waals surface area contributed by atoms with Gasteiger partial charge < -0.3 is 10.1 Å². The van der Waals surface area contributed by atoms with E-state index in [4.69, 9.17) is 4.74 Å². The van der Waals surface area contributed by atoms with E-state index in [1.807, 2.05) is 13.8 Å². The number of rotatable bonds is 5. The van der Waals surface area contributed by atoms with E-state index in [0.29, 0.717) is 24.6 Å². The van der Waals surface area contributed by atoms with E-state index in [1.54, 1.807) is 12.1 Å². The SMILES string of the molecule is CC1CN(S(=O)(=O)c2ccc(C(=O)NC(C)C3CC4CCC3C4)cc2)CC(C)O1. The van der Waals surface area contributed by atoms with E-state index < -0.39 is 10.0 Å². The highest BCUT2D eigenvalue weighted by Crippen LogP contribution is 2.49. The van der Waals surface area contributed by atoms with Crippen molar-refractivity contribution in [3.05, 3.63) is 29.8 Å². The Hall–Kier alpha value is -1.44. The number of hydrogen-bond acceptors (Lipinski definition) is 4. The molecule has 3 aliphatic rings. The first-order valence-corrected chi connectivity index (χ1v) is 12.2. The van der Waals surface area contributed by atoms with Crippen LogP contribution in [0.25, 0.3) is 0 Å². The van der Waals surface area contributed by atoms with Crippen LogP contribution in [-0.2, 0) is 14.8 Å². The molecule has 1 aromatic carbocycles. The van der Waals surface area contributed by atoms with E-state index in [9.17, 15) is 13.2 Å². The van der Waals surface area contributed by atoms with Crippen LogP contribution in [0.2, 0.25) is 0 Å². The van der Waals surface area contributed by atoms with Crippen molar-refractivity contribution < 1.29 is 17.9 Å². The number of morpholine rings is 1. The van der Waals surface area contributed by atoms with Crippen LogP contribution >= 0.6 is 0 Å². The van der Waals surface area contributed by atoms with Crippen molar-refractivity contribution in [2.45, 2.75) is 69.6 Å². The molecule has 3 fully saturated rings. The van der Waals surface area contributed by atoms with Crippen LogP contribution in [0.3, 0.4) is 0 Å². The van der Waals surface area contributed by atoms with E-state index in [1.165, 1.54) is 42.1 Å². The zero-order chi connectivity index (χ0) is 20.8. The minimum atomic E-state index is -3.59. The molecular formula is C22H32N2O4S. The van der Waals surface area contributed by atoms with Crippen LogP contribution in [0.5, 0.6) is 0 Å². The Morgan fingerprint density at radius 3 is 2.31 bits per heavy atom. The summed E-state index contributed by atoms with van der Waals surface area (Å²) in [4.78, 5) is 12.9. The molecule has 0 spiro atoms. The number of carbonyl (C=O) groups excluding carboxylic acids is 1. The van der Waals surface area contributed by atoms with Gasteiger partial charge in [0.15, 0.2) is 0 Å². The number of carbonyl (C=O) groups is 1. The lowest BCUT2D eigenvalue weighted by Gasteiger charge is -2.34. The Balaban J connectivity index is 1.41. The molecule has 1 saturated heterocycles. The maximum Gasteiger partial charge on any atom is 0.251 e. The van der Waals surface area contributed by atoms with Gasteiger partial charge in [0.2, 0.25) is 10.0 Å². The van der Waals surface area contributed by atoms with E-state index in [2.05, 4.69) is 12.2 Å². The molecule has 1 amide bonds. The Bertz CT molecular complexity index is 844. The fraction of sp³-hybridized carbons (Fsp3) is 0.682. The quantitative estimate of drug-likeness (QED) is 0.794. The molecule has 160 valence electrons. The predicted octanol–water partition coefficient (Wildman–Crippen LogP) is 3.04. The van der Waals surface area contributed by atoms with Gasteiger partial charge in [0.25, 0.3) is 5.91 Å². The van der Waals surface area contributed by atoms with Crippen LogP contribution in [0.15, 0.2) is 29.2 Å². The van der Waals surface area contributed by atoms with Crippen LogP contribution < -0.4 is 5.32 Å². The van der Waals surface area contributed by atoms with Gasteiger partial charge in [-0.1, -0.05) is 6.42 Å². The van der Waals surface area contributed by atoms with Crippen molar-refractivity contribution in [1.82, 2.24) is 9.62 Å². The number of benzene rings is 1. The molecule has 2 bridgehead atoms. The summed E-state index contributed by atoms with van der Waals surface area (Å²) in [5, 5.41) is 3.14. The van der Waals surface area contributed by atoms with Gasteiger partial charge in [-0.25, -0.2) is 8.42 Å². The number of nitrogens with zero attached hydrogens (tertiary/aromatic N) is 1. The second kappa shape index (κ2) is 8.00. The van der Waals surface area contributed by atoms with Crippen molar-refractivity contribution in [3.8, 4) is 0 Å². The van der Waals surface area contributed by atoms with Gasteiger partial charge in [-0.15, -0.1) is 0 Å². The third-order valence-electron chi connectivity index (χ3n) is 6.93. The maximum absolute atomic E-state index is 13.0. The van der Waals surface area contributed by atoms with Crippen LogP contribution in [0, 0.1) is 17.8 Å². The second-order valence-electron chi connectivity index (χ2n) is 9.20. The van der Waals surface area contributed by atoms with Crippen molar-refractivity contribution in [2.75, 3.05) is 13.1 Å². The summed E-state index contributed by atoms with van der Waals surface area (Å²) in [5.74, 6) is 2.04. The van der Waals surface area contributed by atoms with Gasteiger partial charge in [0.05, 0.1) is 17.1 Å². The van der Waals surface area contributed by atoms with Crippen LogP contribution in [-0.4, -0.2) is 50.0 Å². The smallest absolute Gasteiger partial charge is 0.251 e. The number of amides is 1. The zero-order valence-corrected chi connectivity index (χ0v) is 18.3. The molecule has 1 N–H and O–H groups in total. The fourth-order valence-corrected chi connectivity index (χ4v) is 7.15. The van der Waals surface area contributed by atoms with Gasteiger partial charge in [-0.05, 0) is 82.1 Å². The second-order valence-corrected chi connectivity index (χ2v) is 11.1. The number of nitrogens with one attached hydrogen (secondary N) is 1. The normalized spacial score (nSPS) is 33.6. The van der Waals surface area contributed by atoms with Gasteiger partial charge >= 0.3 is 0 Å². The van der Waals surface area contributed by atoms with Gasteiger partial charge in [-0.3, -0.25) is 4.79 Å². The average Bonchev–Trinajstić information content (AvgIpc) is 3.31. The third kappa shape index (κ3) is 4.23. The topological polar surface area (TPSA) is 75.7 Å². The van der Waals surface area contributed by atoms with Crippen molar-refractivity contribution in [3.63, 3.8) is 0 Å². The Morgan fingerprint density at radius 2 is 1.76 bits per heavy atom. The molecule has 6 nitrogen and oxygen atoms in total. The highest BCUT2D eigenvalue weighted by Gasteiger charge is 2.42. The summed E-state index contributed by atoms with van der Waals surface area (Å²) in [6, 6.07) is 6.46. The highest BCUT2D eigenvalue weighted by molar-refractivity contribution is 7.89. The molecular weight excluding hydrogens is 388 g/mol. The summed E-state index contributed by atoms with van der Waals surface area (Å²) >= 11 is 0. The summed E-state index contributed by atoms with van der Waals surface area (Å²) in [7, 11) is -3.59. The van der Waals surface area contributed by atoms with E-state index in [-0.39, 0.29) is 29.1 Å². The number of ether oxygens (including phenoxy) is 1. The molecule has 0 aromatic heterocycles. The molecule has 29 heavy (non-hydrogen) atoms. The van der Waals surface area contributed by atoms with Crippen LogP contribution in [0.1, 0.15) is 56.8 Å². The summed E-state index contributed by atoms with van der Waals surface area (Å²) < 4.78 is 33.0. The lowest BCUT2D eigenvalue weighted by Crippen LogP contribution is -2.48. The first-order chi connectivity index (χ1) is 13.7. The summed E-state index contributed by atoms with van der Waals surface area (Å²) in [6.07, 6.45) is 4.91. The van der Waals surface area contributed by atoms with Crippen molar-refractivity contribution >= 4 is 15.9 Å². The van der Waals surface area contributed by atoms with Gasteiger partial charge in [-0.2, -0.15) is 4.31 Å². The molecule has 2 aliphatic carbocycles. The molecule has 4 rings (SSSR count). The lowest BCUT2D eigenvalue weighted by molar-refractivity contribution is -0.0440. The number of hydrogen-bond donors (Lipinski definition) is 1. The predicted molar refractivity (Wildman–Crippen MR) is 111 cm³/mol. The van der Waals surface area contributed by atoms with Crippen LogP contribution in [0.4, 0.5) is 0 Å². The average molecular weight is 421 g/mol. The molecule has 1 aliphatic heterocycles. The molecule has 6 unspecified atom stereocenters. The van der Waals surface area contributed by atoms with E-state index >= 15 is 0 Å². The standard InChI is InChI=1S/C22H32N2O4S/c1-14-12-24(13-15(2)28-14)29(26,27)20-8-6-18(7-9-20)22(25)23-16(3)21-11-17-4-5-19(21)10-17/h6-9,14-17,19,21H,4-5,10-13H2,1-3H3,(H,23,25). The minimum absolute atomic E-state index is 0.127. The van der Waals surface area contributed by atoms with Crippen molar-refractivity contribution in [2.24, 2.45) is 17.8 Å². The fourth-order valence-electron chi connectivity index (χ4n) is 5.56. The monoisotopic (exact) mass is 420 g/mol. The zero-order valence-electron chi connectivity index (χ0n) is 17.5. The lowest BCUT2D eigenvalue weighted by atomic mass is 9.84. The number of fused-ring (bicyclic) bond motifs is 2. The Morgan fingerprint density at radius 1 is 1.10 bits per heavy atom.